The molecule has 0 bridgehead atoms. The number of allylic oxidation sites excluding steroid dienone is 2. The Morgan fingerprint density at radius 3 is 2.52 bits per heavy atom. The molecule has 0 saturated heterocycles. The molecule has 4 heteroatoms. The molecule has 5 rings (SSSR count). The number of fused-ring (bicyclic) bond motifs is 3. The van der Waals surface area contributed by atoms with E-state index in [0.717, 1.165) is 29.2 Å². The zero-order valence-electron chi connectivity index (χ0n) is 15.8. The molecular formula is C25H21NO3. The molecule has 4 nitrogen and oxygen atoms in total. The molecule has 3 unspecified atom stereocenters. The second-order valence-electron chi connectivity index (χ2n) is 7.57. The van der Waals surface area contributed by atoms with Gasteiger partial charge in [0.2, 0.25) is 0 Å². The van der Waals surface area contributed by atoms with Crippen LogP contribution in [0.1, 0.15) is 39.9 Å². The molecule has 0 fully saturated rings. The van der Waals surface area contributed by atoms with Crippen molar-refractivity contribution in [2.45, 2.75) is 18.4 Å². The summed E-state index contributed by atoms with van der Waals surface area (Å²) in [5, 5.41) is 12.8. The van der Waals surface area contributed by atoms with E-state index in [9.17, 15) is 4.79 Å². The highest BCUT2D eigenvalue weighted by molar-refractivity contribution is 5.87. The number of nitrogens with one attached hydrogen (secondary N) is 1. The van der Waals surface area contributed by atoms with Crippen molar-refractivity contribution in [3.63, 3.8) is 0 Å². The molecule has 1 aliphatic heterocycles. The number of aromatic carboxylic acids is 1. The first-order chi connectivity index (χ1) is 14.2. The summed E-state index contributed by atoms with van der Waals surface area (Å²) in [5.41, 5.74) is 3.78. The molecule has 3 aromatic carbocycles. The predicted molar refractivity (Wildman–Crippen MR) is 113 cm³/mol. The van der Waals surface area contributed by atoms with Crippen molar-refractivity contribution in [3.05, 3.63) is 102 Å². The van der Waals surface area contributed by atoms with Gasteiger partial charge in [-0.15, -0.1) is 0 Å². The van der Waals surface area contributed by atoms with Gasteiger partial charge in [-0.3, -0.25) is 0 Å². The van der Waals surface area contributed by atoms with Crippen molar-refractivity contribution < 1.29 is 14.6 Å². The molecule has 2 N–H and O–H groups in total. The zero-order chi connectivity index (χ0) is 19.8. The minimum absolute atomic E-state index is 0.145. The van der Waals surface area contributed by atoms with Gasteiger partial charge in [0, 0.05) is 11.6 Å². The number of hydrogen-bond donors (Lipinski definition) is 2. The monoisotopic (exact) mass is 383 g/mol. The number of anilines is 1. The zero-order valence-corrected chi connectivity index (χ0v) is 15.8. The quantitative estimate of drug-likeness (QED) is 0.542. The molecule has 3 aromatic rings. The van der Waals surface area contributed by atoms with Crippen molar-refractivity contribution in [2.75, 3.05) is 5.32 Å². The van der Waals surface area contributed by atoms with E-state index in [2.05, 4.69) is 29.6 Å². The molecule has 0 aromatic heterocycles. The second kappa shape index (κ2) is 7.13. The average Bonchev–Trinajstić information content (AvgIpc) is 3.24. The van der Waals surface area contributed by atoms with Crippen molar-refractivity contribution in [3.8, 4) is 11.5 Å². The van der Waals surface area contributed by atoms with Crippen molar-refractivity contribution in [1.82, 2.24) is 0 Å². The Bertz CT molecular complexity index is 1070. The Labute approximate surface area is 169 Å². The predicted octanol–water partition coefficient (Wildman–Crippen LogP) is 6.00. The third-order valence-corrected chi connectivity index (χ3v) is 5.83. The molecule has 0 saturated carbocycles. The van der Waals surface area contributed by atoms with Crippen LogP contribution in [0.2, 0.25) is 0 Å². The number of carboxylic acids is 1. The topological polar surface area (TPSA) is 58.6 Å². The molecule has 29 heavy (non-hydrogen) atoms. The Hall–Kier alpha value is -3.53. The van der Waals surface area contributed by atoms with E-state index in [0.29, 0.717) is 17.4 Å². The van der Waals surface area contributed by atoms with Crippen LogP contribution in [0, 0.1) is 5.92 Å². The van der Waals surface area contributed by atoms with E-state index in [1.807, 2.05) is 48.5 Å². The summed E-state index contributed by atoms with van der Waals surface area (Å²) in [6, 6.07) is 23.4. The van der Waals surface area contributed by atoms with Crippen LogP contribution in [-0.2, 0) is 0 Å². The molecule has 0 spiro atoms. The van der Waals surface area contributed by atoms with Crippen LogP contribution in [-0.4, -0.2) is 11.1 Å². The number of rotatable bonds is 4. The fourth-order valence-corrected chi connectivity index (χ4v) is 4.42. The van der Waals surface area contributed by atoms with E-state index in [1.165, 1.54) is 5.56 Å². The summed E-state index contributed by atoms with van der Waals surface area (Å²) < 4.78 is 6.03. The first-order valence-corrected chi connectivity index (χ1v) is 9.82. The van der Waals surface area contributed by atoms with Gasteiger partial charge in [-0.25, -0.2) is 4.79 Å². The maximum absolute atomic E-state index is 11.2. The van der Waals surface area contributed by atoms with Gasteiger partial charge in [-0.1, -0.05) is 42.5 Å². The van der Waals surface area contributed by atoms with E-state index < -0.39 is 5.97 Å². The van der Waals surface area contributed by atoms with Crippen LogP contribution >= 0.6 is 0 Å². The van der Waals surface area contributed by atoms with Gasteiger partial charge in [0.05, 0.1) is 11.6 Å². The van der Waals surface area contributed by atoms with Crippen LogP contribution in [0.3, 0.4) is 0 Å². The maximum atomic E-state index is 11.2. The van der Waals surface area contributed by atoms with Gasteiger partial charge in [-0.2, -0.15) is 0 Å². The minimum Gasteiger partial charge on any atom is -0.478 e. The number of carboxylic acid groups (broad SMARTS) is 1. The Kier molecular flexibility index (Phi) is 4.32. The van der Waals surface area contributed by atoms with Gasteiger partial charge in [0.25, 0.3) is 0 Å². The van der Waals surface area contributed by atoms with Crippen LogP contribution in [0.15, 0.2) is 84.9 Å². The molecule has 144 valence electrons. The Balaban J connectivity index is 1.46. The lowest BCUT2D eigenvalue weighted by molar-refractivity contribution is 0.0697. The average molecular weight is 383 g/mol. The van der Waals surface area contributed by atoms with Crippen molar-refractivity contribution >= 4 is 11.7 Å². The highest BCUT2D eigenvalue weighted by Gasteiger charge is 2.38. The van der Waals surface area contributed by atoms with Crippen LogP contribution < -0.4 is 10.1 Å². The number of carbonyl (C=O) groups is 1. The summed E-state index contributed by atoms with van der Waals surface area (Å²) in [4.78, 5) is 11.2. The van der Waals surface area contributed by atoms with E-state index in [1.54, 1.807) is 12.1 Å². The van der Waals surface area contributed by atoms with Gasteiger partial charge in [-0.05, 0) is 65.9 Å². The lowest BCUT2D eigenvalue weighted by Crippen LogP contribution is -2.29. The van der Waals surface area contributed by atoms with Gasteiger partial charge in [0.15, 0.2) is 0 Å². The Morgan fingerprint density at radius 2 is 1.76 bits per heavy atom. The number of hydrogen-bond acceptors (Lipinski definition) is 3. The third kappa shape index (κ3) is 3.27. The largest absolute Gasteiger partial charge is 0.478 e. The molecule has 3 atom stereocenters. The van der Waals surface area contributed by atoms with Gasteiger partial charge < -0.3 is 15.2 Å². The first-order valence-electron chi connectivity index (χ1n) is 9.82. The van der Waals surface area contributed by atoms with Crippen molar-refractivity contribution in [1.29, 1.82) is 0 Å². The molecule has 1 heterocycles. The maximum Gasteiger partial charge on any atom is 0.335 e. The lowest BCUT2D eigenvalue weighted by Gasteiger charge is -2.37. The van der Waals surface area contributed by atoms with Crippen LogP contribution in [0.4, 0.5) is 5.69 Å². The summed E-state index contributed by atoms with van der Waals surface area (Å²) in [5.74, 6) is 1.47. The van der Waals surface area contributed by atoms with Crippen LogP contribution in [0.25, 0.3) is 0 Å². The van der Waals surface area contributed by atoms with E-state index in [4.69, 9.17) is 9.84 Å². The molecule has 0 amide bonds. The second-order valence-corrected chi connectivity index (χ2v) is 7.57. The van der Waals surface area contributed by atoms with Gasteiger partial charge >= 0.3 is 5.97 Å². The fraction of sp³-hybridized carbons (Fsp3) is 0.160. The summed E-state index contributed by atoms with van der Waals surface area (Å²) in [7, 11) is 0. The number of benzene rings is 3. The fourth-order valence-electron chi connectivity index (χ4n) is 4.42. The molecular weight excluding hydrogens is 362 g/mol. The SMILES string of the molecule is O=C(O)c1ccc(C2Nc3ccc(Oc4ccccc4)cc3C3C=CCC32)cc1. The minimum atomic E-state index is -0.898. The third-order valence-electron chi connectivity index (χ3n) is 5.83. The van der Waals surface area contributed by atoms with Gasteiger partial charge in [0.1, 0.15) is 11.5 Å². The first kappa shape index (κ1) is 17.6. The summed E-state index contributed by atoms with van der Waals surface area (Å²) in [6.45, 7) is 0. The van der Waals surface area contributed by atoms with E-state index >= 15 is 0 Å². The lowest BCUT2D eigenvalue weighted by atomic mass is 9.77. The summed E-state index contributed by atoms with van der Waals surface area (Å²) in [6.07, 6.45) is 5.52. The van der Waals surface area contributed by atoms with Crippen molar-refractivity contribution in [2.24, 2.45) is 5.92 Å². The molecule has 0 radical (unpaired) electrons. The van der Waals surface area contributed by atoms with Crippen LogP contribution in [0.5, 0.6) is 11.5 Å². The summed E-state index contributed by atoms with van der Waals surface area (Å²) >= 11 is 0. The van der Waals surface area contributed by atoms with E-state index in [-0.39, 0.29) is 6.04 Å². The normalized spacial score (nSPS) is 21.7. The smallest absolute Gasteiger partial charge is 0.335 e. The molecule has 1 aliphatic carbocycles. The Morgan fingerprint density at radius 1 is 0.966 bits per heavy atom. The number of para-hydroxylation sites is 1. The standard InChI is InChI=1S/C25H21NO3/c27-25(28)17-11-9-16(10-12-17)24-21-8-4-7-20(21)22-15-19(13-14-23(22)26-24)29-18-5-2-1-3-6-18/h1-7,9-15,20-21,24,26H,8H2,(H,27,28). The molecule has 2 aliphatic rings. The highest BCUT2D eigenvalue weighted by atomic mass is 16.5. The number of ether oxygens (including phenoxy) is 1. The highest BCUT2D eigenvalue weighted by Crippen LogP contribution is 2.50.